The molecule has 0 saturated carbocycles. The molecule has 8 aromatic rings. The molecule has 22 nitrogen and oxygen atoms in total. The number of amides is 1. The van der Waals surface area contributed by atoms with Crippen molar-refractivity contribution in [1.82, 2.24) is 19.4 Å². The van der Waals surface area contributed by atoms with Gasteiger partial charge in [0.1, 0.15) is 28.7 Å². The van der Waals surface area contributed by atoms with Crippen LogP contribution in [-0.2, 0) is 41.3 Å². The number of nitrogens with two attached hydrogens (primary N) is 1. The third-order valence-corrected chi connectivity index (χ3v) is 17.7. The number of carboxylic acids is 1. The predicted molar refractivity (Wildman–Crippen MR) is 440 cm³/mol. The summed E-state index contributed by atoms with van der Waals surface area (Å²) in [5.41, 5.74) is 5.68. The second-order valence-corrected chi connectivity index (χ2v) is 25.7. The molecule has 5 aromatic carbocycles. The first kappa shape index (κ1) is 92.5. The van der Waals surface area contributed by atoms with E-state index in [1.54, 1.807) is 86.2 Å². The zero-order chi connectivity index (χ0) is 81.2. The number of ether oxygens (including phenoxy) is 9. The van der Waals surface area contributed by atoms with E-state index in [2.05, 4.69) is 185 Å². The Morgan fingerprint density at radius 1 is 0.541 bits per heavy atom. The summed E-state index contributed by atoms with van der Waals surface area (Å²) in [4.78, 5) is 61.0. The minimum Gasteiger partial charge on any atom is -0.497 e. The van der Waals surface area contributed by atoms with Crippen LogP contribution in [0.3, 0.4) is 0 Å². The van der Waals surface area contributed by atoms with Crippen LogP contribution in [0.15, 0.2) is 142 Å². The van der Waals surface area contributed by atoms with Gasteiger partial charge in [0.15, 0.2) is 6.29 Å². The molecule has 109 heavy (non-hydrogen) atoms. The summed E-state index contributed by atoms with van der Waals surface area (Å²) in [5, 5.41) is 16.0. The molecule has 0 bridgehead atoms. The first-order valence-electron chi connectivity index (χ1n) is 32.2. The molecule has 3 aromatic heterocycles. The topological polar surface area (TPSA) is 271 Å². The maximum absolute atomic E-state index is 12.5. The highest BCUT2D eigenvalue weighted by molar-refractivity contribution is 9.11. The first-order chi connectivity index (χ1) is 52.1. The summed E-state index contributed by atoms with van der Waals surface area (Å²) in [6.07, 6.45) is 14.2. The number of aromatic amines is 1. The summed E-state index contributed by atoms with van der Waals surface area (Å²) in [7, 11) is 14.9. The van der Waals surface area contributed by atoms with Crippen molar-refractivity contribution < 1.29 is 66.6 Å². The van der Waals surface area contributed by atoms with Crippen molar-refractivity contribution in [2.75, 3.05) is 70.0 Å². The molecule has 1 saturated heterocycles. The van der Waals surface area contributed by atoms with Crippen LogP contribution in [0.2, 0.25) is 0 Å². The smallest absolute Gasteiger partial charge is 0.497 e. The third-order valence-electron chi connectivity index (χ3n) is 15.2. The average Bonchev–Trinajstić information content (AvgIpc) is 1.67. The van der Waals surface area contributed by atoms with Crippen molar-refractivity contribution >= 4 is 120 Å². The number of fused-ring (bicyclic) bond motifs is 3. The Morgan fingerprint density at radius 2 is 0.917 bits per heavy atom. The second kappa shape index (κ2) is 48.6. The van der Waals surface area contributed by atoms with Crippen molar-refractivity contribution in [2.24, 2.45) is 5.73 Å². The van der Waals surface area contributed by atoms with Crippen molar-refractivity contribution in [1.29, 1.82) is 0 Å². The highest BCUT2D eigenvalue weighted by Gasteiger charge is 2.52. The summed E-state index contributed by atoms with van der Waals surface area (Å²) < 4.78 is 63.8. The van der Waals surface area contributed by atoms with E-state index >= 15 is 0 Å². The Kier molecular flexibility index (Phi) is 41.2. The maximum atomic E-state index is 12.5. The molecule has 1 atom stereocenters. The lowest BCUT2D eigenvalue weighted by molar-refractivity contribution is -0.0974. The van der Waals surface area contributed by atoms with Gasteiger partial charge in [0.25, 0.3) is 22.6 Å². The quantitative estimate of drug-likeness (QED) is 0.0285. The number of carbonyl (C=O) groups excluding carboxylic acids is 1. The van der Waals surface area contributed by atoms with Crippen LogP contribution in [0.4, 0.5) is 0 Å². The molecule has 4 heterocycles. The van der Waals surface area contributed by atoms with Gasteiger partial charge in [-0.15, -0.1) is 12.8 Å². The number of aromatic carboxylic acids is 1. The number of benzene rings is 5. The standard InChI is InChI=1S/C18H24BNO4.C18H2.C12H16BrNO4.C12H12BrNO2.C10H8BrNO2.C8H7BrO3.C4H10NO2/c1-7-20-9-8-12-10-14(15(22-6)11-13(12)16(20)21)19-23-17(2,3)18(4,5)24-19;1-3-5-7-9-11-13-15-17-18-16-14-12-10-8-6-4-2;1-16-10-6-8(4-5-9(10)13)12(15)14-7-11(17-2)18-3;1-3-14-5-4-8-6-10(13)11(16-2)7-9(8)12(14)15;1-14-9-5-7-6(4-8(9)11)2-3-12-10(7)13;1-12-7-4-5(8(10)11)2-3-6(7)9;1-6-4(3-5)7-2/h8-11H,7H2,1-6H3;1-2H;4-6,11H,7H2,1-3H3,(H,14,15);4-7H,3H2,1-2H3;2-5H,1H3,(H,12,13);2-4H,1H3,(H,10,11);4H,1,3,5H2,2H3/q;;;;;;+1. The van der Waals surface area contributed by atoms with Crippen molar-refractivity contribution in [3.63, 3.8) is 0 Å². The van der Waals surface area contributed by atoms with E-state index in [0.29, 0.717) is 70.1 Å². The molecular formula is C82H79BBr4N5O17+. The molecule has 5 N–H and O–H groups in total. The van der Waals surface area contributed by atoms with E-state index in [4.69, 9.17) is 66.2 Å². The van der Waals surface area contributed by atoms with Crippen LogP contribution in [-0.4, -0.2) is 132 Å². The third kappa shape index (κ3) is 29.1. The van der Waals surface area contributed by atoms with Crippen LogP contribution in [0.5, 0.6) is 28.7 Å². The number of nitrogens with zero attached hydrogens (tertiary/aromatic N) is 2. The second-order valence-electron chi connectivity index (χ2n) is 22.3. The predicted octanol–water partition coefficient (Wildman–Crippen LogP) is 11.4. The number of rotatable bonds is 17. The molecule has 9 rings (SSSR count). The van der Waals surface area contributed by atoms with E-state index in [1.807, 2.05) is 90.3 Å². The average molecular weight is 1740 g/mol. The Labute approximate surface area is 669 Å². The molecular weight excluding hydrogens is 1660 g/mol. The van der Waals surface area contributed by atoms with E-state index in [-0.39, 0.29) is 41.0 Å². The van der Waals surface area contributed by atoms with Gasteiger partial charge in [0, 0.05) is 70.6 Å². The van der Waals surface area contributed by atoms with Gasteiger partial charge < -0.3 is 77.5 Å². The largest absolute Gasteiger partial charge is 0.498 e. The normalized spacial score (nSPS) is 11.4. The molecule has 0 aliphatic carbocycles. The number of pyridine rings is 3. The number of hydrogen-bond donors (Lipinski definition) is 4. The fourth-order valence-corrected chi connectivity index (χ4v) is 10.6. The molecule has 1 unspecified atom stereocenters. The van der Waals surface area contributed by atoms with Crippen LogP contribution in [0, 0.1) is 115 Å². The number of terminal acetylenes is 2. The lowest BCUT2D eigenvalue weighted by Crippen LogP contribution is -2.41. The maximum Gasteiger partial charge on any atom is 0.498 e. The van der Waals surface area contributed by atoms with Gasteiger partial charge in [-0.2, -0.15) is 4.74 Å². The number of hydrogen-bond acceptors (Lipinski definition) is 17. The number of H-pyrrole nitrogens is 1. The molecule has 1 amide bonds. The summed E-state index contributed by atoms with van der Waals surface area (Å²) in [6.45, 7) is 13.9. The molecule has 564 valence electrons. The summed E-state index contributed by atoms with van der Waals surface area (Å²) in [6, 6.07) is 26.4. The van der Waals surface area contributed by atoms with E-state index in [0.717, 1.165) is 39.5 Å². The van der Waals surface area contributed by atoms with Crippen LogP contribution >= 0.6 is 63.7 Å². The van der Waals surface area contributed by atoms with Crippen molar-refractivity contribution in [3.05, 3.63) is 177 Å². The summed E-state index contributed by atoms with van der Waals surface area (Å²) in [5.74, 6) is 40.1. The van der Waals surface area contributed by atoms with Crippen molar-refractivity contribution in [3.8, 4) is 136 Å². The van der Waals surface area contributed by atoms with Gasteiger partial charge in [-0.3, -0.25) is 19.2 Å². The zero-order valence-corrected chi connectivity index (χ0v) is 68.6. The molecule has 1 fully saturated rings. The molecule has 27 heteroatoms. The number of nitrogens with one attached hydrogen (secondary N) is 2. The van der Waals surface area contributed by atoms with Gasteiger partial charge >= 0.3 is 13.1 Å². The summed E-state index contributed by atoms with van der Waals surface area (Å²) >= 11 is 13.3. The minimum absolute atomic E-state index is 0.0193. The minimum atomic E-state index is -0.958. The van der Waals surface area contributed by atoms with Gasteiger partial charge in [0.05, 0.1) is 92.9 Å². The van der Waals surface area contributed by atoms with E-state index in [1.165, 1.54) is 40.6 Å². The lowest BCUT2D eigenvalue weighted by atomic mass is 9.77. The molecule has 1 aliphatic heterocycles. The number of carboxylic acid groups (broad SMARTS) is 1. The van der Waals surface area contributed by atoms with Crippen molar-refractivity contribution in [2.45, 2.75) is 78.4 Å². The number of aryl methyl sites for hydroxylation is 2. The molecule has 0 radical (unpaired) electrons. The Balaban J connectivity index is 0.000000337. The monoisotopic (exact) mass is 1730 g/mol. The SMILES string of the molecule is C#CC#CC#CC#CC#CC#CC#CC#CC#C.CCn1ccc2cc(B3OC(C)(C)C(C)(C)O3)c(OC)cc2c1=O.CCn1ccc2cc(Br)c(OC)cc2c1=O.COc1cc(C(=O)NCC(OC)OC)ccc1Br.COc1cc(C(=O)O)ccc1Br.COc1cc2c(=O)[nH]ccc2cc1Br.[CH2+]OC(CN)OC. The van der Waals surface area contributed by atoms with Gasteiger partial charge in [-0.25, -0.2) is 4.79 Å². The number of methoxy groups -OCH3 is 8. The van der Waals surface area contributed by atoms with E-state index in [9.17, 15) is 24.0 Å². The number of carbonyl (C=O) groups is 2. The highest BCUT2D eigenvalue weighted by Crippen LogP contribution is 2.38. The van der Waals surface area contributed by atoms with E-state index < -0.39 is 30.6 Å². The van der Waals surface area contributed by atoms with Crippen LogP contribution in [0.1, 0.15) is 62.3 Å². The highest BCUT2D eigenvalue weighted by atomic mass is 79.9. The van der Waals surface area contributed by atoms with Gasteiger partial charge in [-0.1, -0.05) is 6.07 Å². The lowest BCUT2D eigenvalue weighted by Gasteiger charge is -2.32. The fourth-order valence-electron chi connectivity index (χ4n) is 8.76. The zero-order valence-electron chi connectivity index (χ0n) is 62.3. The number of aromatic nitrogens is 3. The molecule has 0 spiro atoms. The number of halogens is 4. The van der Waals surface area contributed by atoms with Crippen LogP contribution in [0.25, 0.3) is 32.3 Å². The Morgan fingerprint density at radius 3 is 1.29 bits per heavy atom. The first-order valence-corrected chi connectivity index (χ1v) is 35.4. The fraction of sp³-hybridized carbons (Fsp3) is 0.268. The Hall–Kier alpha value is -10.7. The Bertz CT molecular complexity index is 5150. The van der Waals surface area contributed by atoms with Crippen LogP contribution < -0.4 is 56.9 Å². The van der Waals surface area contributed by atoms with Gasteiger partial charge in [-0.05, 0) is 301 Å². The van der Waals surface area contributed by atoms with Gasteiger partial charge in [0.2, 0.25) is 13.4 Å². The molecule has 1 aliphatic rings.